The molecule has 2 atom stereocenters. The number of hydrogen-bond donors (Lipinski definition) is 1. The smallest absolute Gasteiger partial charge is 0.237 e. The molecule has 180 valence electrons. The highest BCUT2D eigenvalue weighted by Gasteiger charge is 2.31. The van der Waals surface area contributed by atoms with Gasteiger partial charge in [-0.3, -0.25) is 14.2 Å². The maximum Gasteiger partial charge on any atom is 0.237 e. The van der Waals surface area contributed by atoms with Crippen molar-refractivity contribution in [3.8, 4) is 11.5 Å². The van der Waals surface area contributed by atoms with Gasteiger partial charge in [-0.1, -0.05) is 42.1 Å². The quantitative estimate of drug-likeness (QED) is 0.413. The highest BCUT2D eigenvalue weighted by molar-refractivity contribution is 7.99. The molecule has 3 heterocycles. The zero-order valence-corrected chi connectivity index (χ0v) is 20.0. The second kappa shape index (κ2) is 9.83. The molecule has 0 radical (unpaired) electrons. The van der Waals surface area contributed by atoms with Crippen molar-refractivity contribution in [1.82, 2.24) is 14.8 Å². The first-order chi connectivity index (χ1) is 17.0. The van der Waals surface area contributed by atoms with Crippen LogP contribution in [0.5, 0.6) is 11.5 Å². The topological polar surface area (TPSA) is 98.6 Å². The number of amides is 2. The van der Waals surface area contributed by atoms with Crippen molar-refractivity contribution in [2.75, 3.05) is 22.6 Å². The molecule has 1 aromatic heterocycles. The second-order valence-corrected chi connectivity index (χ2v) is 9.22. The molecule has 2 aliphatic heterocycles. The fourth-order valence-corrected chi connectivity index (χ4v) is 5.07. The fraction of sp³-hybridized carbons (Fsp3) is 0.280. The van der Waals surface area contributed by atoms with Gasteiger partial charge in [0.2, 0.25) is 11.8 Å². The number of benzene rings is 2. The molecular formula is C25H25N5O4S. The SMILES string of the molecule is C=CCn1c(SCC(=O)N2c3ccccc3NC(=O)C[C@@H]2C)nnc1[C@@H]1COc2ccccc2O1. The van der Waals surface area contributed by atoms with Crippen molar-refractivity contribution in [2.24, 2.45) is 0 Å². The summed E-state index contributed by atoms with van der Waals surface area (Å²) in [5.41, 5.74) is 1.32. The number of carbonyl (C=O) groups excluding carboxylic acids is 2. The van der Waals surface area contributed by atoms with Crippen LogP contribution < -0.4 is 19.7 Å². The maximum atomic E-state index is 13.4. The van der Waals surface area contributed by atoms with Crippen LogP contribution in [0.2, 0.25) is 0 Å². The number of allylic oxidation sites excluding steroid dienone is 1. The van der Waals surface area contributed by atoms with Gasteiger partial charge in [0.05, 0.1) is 17.1 Å². The minimum absolute atomic E-state index is 0.112. The Morgan fingerprint density at radius 2 is 1.97 bits per heavy atom. The Hall–Kier alpha value is -3.79. The third-order valence-electron chi connectivity index (χ3n) is 5.81. The van der Waals surface area contributed by atoms with E-state index in [0.29, 0.717) is 47.0 Å². The molecule has 5 rings (SSSR count). The fourth-order valence-electron chi connectivity index (χ4n) is 4.26. The number of nitrogens with zero attached hydrogens (tertiary/aromatic N) is 4. The number of rotatable bonds is 6. The molecule has 0 saturated heterocycles. The normalized spacial score (nSPS) is 18.9. The Kier molecular flexibility index (Phi) is 6.45. The van der Waals surface area contributed by atoms with Crippen molar-refractivity contribution in [2.45, 2.75) is 37.2 Å². The van der Waals surface area contributed by atoms with Crippen LogP contribution in [-0.4, -0.2) is 45.0 Å². The number of nitrogens with one attached hydrogen (secondary N) is 1. The minimum atomic E-state index is -0.433. The largest absolute Gasteiger partial charge is 0.485 e. The molecule has 10 heteroatoms. The summed E-state index contributed by atoms with van der Waals surface area (Å²) in [5, 5.41) is 12.2. The summed E-state index contributed by atoms with van der Waals surface area (Å²) in [6.07, 6.45) is 1.54. The summed E-state index contributed by atoms with van der Waals surface area (Å²) < 4.78 is 13.8. The van der Waals surface area contributed by atoms with Crippen LogP contribution in [0.25, 0.3) is 0 Å². The van der Waals surface area contributed by atoms with Crippen LogP contribution in [0.1, 0.15) is 25.3 Å². The molecule has 2 aromatic carbocycles. The number of anilines is 2. The maximum absolute atomic E-state index is 13.4. The van der Waals surface area contributed by atoms with Crippen molar-refractivity contribution < 1.29 is 19.1 Å². The molecule has 0 saturated carbocycles. The predicted octanol–water partition coefficient (Wildman–Crippen LogP) is 3.83. The number of fused-ring (bicyclic) bond motifs is 2. The van der Waals surface area contributed by atoms with Gasteiger partial charge in [-0.25, -0.2) is 0 Å². The van der Waals surface area contributed by atoms with E-state index in [1.807, 2.05) is 54.0 Å². The number of ether oxygens (including phenoxy) is 2. The molecule has 0 spiro atoms. The van der Waals surface area contributed by atoms with Gasteiger partial charge in [0.25, 0.3) is 0 Å². The Labute approximate surface area is 207 Å². The van der Waals surface area contributed by atoms with Crippen LogP contribution >= 0.6 is 11.8 Å². The third kappa shape index (κ3) is 4.61. The van der Waals surface area contributed by atoms with Gasteiger partial charge in [-0.05, 0) is 31.2 Å². The molecule has 0 bridgehead atoms. The first-order valence-electron chi connectivity index (χ1n) is 11.3. The predicted molar refractivity (Wildman–Crippen MR) is 133 cm³/mol. The van der Waals surface area contributed by atoms with Gasteiger partial charge in [0.15, 0.2) is 28.6 Å². The van der Waals surface area contributed by atoms with Crippen LogP contribution in [0.4, 0.5) is 11.4 Å². The van der Waals surface area contributed by atoms with Crippen molar-refractivity contribution in [1.29, 1.82) is 0 Å². The standard InChI is InChI=1S/C25H25N5O4S/c1-3-12-29-24(21-14-33-19-10-6-7-11-20(19)34-21)27-28-25(29)35-15-23(32)30-16(2)13-22(31)26-17-8-4-5-9-18(17)30/h3-11,16,21H,1,12-15H2,2H3,(H,26,31)/t16-,21-/m0/s1. The molecule has 3 aromatic rings. The zero-order chi connectivity index (χ0) is 24.4. The lowest BCUT2D eigenvalue weighted by atomic mass is 10.2. The Balaban J connectivity index is 1.35. The summed E-state index contributed by atoms with van der Waals surface area (Å²) >= 11 is 1.29. The molecule has 1 N–H and O–H groups in total. The molecule has 2 aliphatic rings. The number of thioether (sulfide) groups is 1. The molecule has 9 nitrogen and oxygen atoms in total. The zero-order valence-electron chi connectivity index (χ0n) is 19.2. The molecule has 0 unspecified atom stereocenters. The number of hydrogen-bond acceptors (Lipinski definition) is 7. The first kappa shape index (κ1) is 23.0. The van der Waals surface area contributed by atoms with Crippen molar-refractivity contribution in [3.05, 3.63) is 67.0 Å². The first-order valence-corrected chi connectivity index (χ1v) is 12.3. The Morgan fingerprint density at radius 3 is 2.80 bits per heavy atom. The van der Waals surface area contributed by atoms with E-state index in [1.54, 1.807) is 17.0 Å². The van der Waals surface area contributed by atoms with Gasteiger partial charge in [0.1, 0.15) is 6.61 Å². The lowest BCUT2D eigenvalue weighted by Crippen LogP contribution is -2.40. The van der Waals surface area contributed by atoms with E-state index in [-0.39, 0.29) is 30.0 Å². The summed E-state index contributed by atoms with van der Waals surface area (Å²) in [7, 11) is 0. The summed E-state index contributed by atoms with van der Waals surface area (Å²) in [6.45, 7) is 6.49. The Bertz CT molecular complexity index is 1280. The van der Waals surface area contributed by atoms with E-state index in [4.69, 9.17) is 9.47 Å². The molecule has 0 aliphatic carbocycles. The summed E-state index contributed by atoms with van der Waals surface area (Å²) in [4.78, 5) is 27.3. The summed E-state index contributed by atoms with van der Waals surface area (Å²) in [5.74, 6) is 1.86. The highest BCUT2D eigenvalue weighted by atomic mass is 32.2. The van der Waals surface area contributed by atoms with Gasteiger partial charge in [0, 0.05) is 19.0 Å². The van der Waals surface area contributed by atoms with Crippen LogP contribution in [-0.2, 0) is 16.1 Å². The van der Waals surface area contributed by atoms with E-state index in [2.05, 4.69) is 22.1 Å². The van der Waals surface area contributed by atoms with E-state index in [9.17, 15) is 9.59 Å². The monoisotopic (exact) mass is 491 g/mol. The van der Waals surface area contributed by atoms with Gasteiger partial charge >= 0.3 is 0 Å². The number of carbonyl (C=O) groups is 2. The van der Waals surface area contributed by atoms with E-state index < -0.39 is 6.10 Å². The van der Waals surface area contributed by atoms with Gasteiger partial charge < -0.3 is 19.7 Å². The molecule has 2 amide bonds. The second-order valence-electron chi connectivity index (χ2n) is 8.28. The van der Waals surface area contributed by atoms with Crippen molar-refractivity contribution >= 4 is 35.0 Å². The Morgan fingerprint density at radius 1 is 1.20 bits per heavy atom. The van der Waals surface area contributed by atoms with Crippen LogP contribution in [0.15, 0.2) is 66.3 Å². The third-order valence-corrected chi connectivity index (χ3v) is 6.76. The minimum Gasteiger partial charge on any atom is -0.485 e. The lowest BCUT2D eigenvalue weighted by Gasteiger charge is -2.27. The van der Waals surface area contributed by atoms with Crippen molar-refractivity contribution in [3.63, 3.8) is 0 Å². The molecular weight excluding hydrogens is 466 g/mol. The van der Waals surface area contributed by atoms with Gasteiger partial charge in [-0.15, -0.1) is 16.8 Å². The number of aromatic nitrogens is 3. The van der Waals surface area contributed by atoms with Gasteiger partial charge in [-0.2, -0.15) is 0 Å². The average Bonchev–Trinajstić information content (AvgIpc) is 3.20. The van der Waals surface area contributed by atoms with Crippen LogP contribution in [0, 0.1) is 0 Å². The van der Waals surface area contributed by atoms with Crippen LogP contribution in [0.3, 0.4) is 0 Å². The summed E-state index contributed by atoms with van der Waals surface area (Å²) in [6, 6.07) is 14.5. The average molecular weight is 492 g/mol. The van der Waals surface area contributed by atoms with E-state index >= 15 is 0 Å². The lowest BCUT2D eigenvalue weighted by molar-refractivity contribution is -0.117. The highest BCUT2D eigenvalue weighted by Crippen LogP contribution is 2.36. The number of para-hydroxylation sites is 4. The molecule has 0 fully saturated rings. The van der Waals surface area contributed by atoms with E-state index in [1.165, 1.54) is 11.8 Å². The molecule has 35 heavy (non-hydrogen) atoms. The van der Waals surface area contributed by atoms with E-state index in [0.717, 1.165) is 0 Å².